The molecule has 30 heavy (non-hydrogen) atoms. The Hall–Kier alpha value is -2.21. The van der Waals surface area contributed by atoms with Gasteiger partial charge in [0.1, 0.15) is 0 Å². The maximum absolute atomic E-state index is 13.2. The molecule has 2 spiro atoms. The highest BCUT2D eigenvalue weighted by Gasteiger charge is 2.54. The first-order chi connectivity index (χ1) is 14.5. The quantitative estimate of drug-likeness (QED) is 0.759. The number of likely N-dealkylation sites (tertiary alicyclic amines) is 1. The molecule has 0 radical (unpaired) electrons. The molecule has 6 heteroatoms. The van der Waals surface area contributed by atoms with E-state index in [-0.39, 0.29) is 5.41 Å². The molecule has 3 heterocycles. The number of rotatable bonds is 2. The highest BCUT2D eigenvalue weighted by atomic mass is 16.5. The van der Waals surface area contributed by atoms with Gasteiger partial charge < -0.3 is 9.42 Å². The van der Waals surface area contributed by atoms with Gasteiger partial charge in [0.25, 0.3) is 0 Å². The Balaban J connectivity index is 1.11. The molecular weight excluding hydrogens is 376 g/mol. The van der Waals surface area contributed by atoms with Crippen molar-refractivity contribution >= 4 is 11.6 Å². The summed E-state index contributed by atoms with van der Waals surface area (Å²) >= 11 is 0. The molecule has 1 saturated heterocycles. The zero-order valence-electron chi connectivity index (χ0n) is 17.9. The number of aromatic nitrogens is 2. The minimum absolute atomic E-state index is 0.281. The molecule has 6 rings (SSSR count). The first-order valence-electron chi connectivity index (χ1n) is 11.4. The molecule has 2 saturated carbocycles. The number of carbonyl (C=O) groups is 1. The van der Waals surface area contributed by atoms with Gasteiger partial charge in [-0.2, -0.15) is 4.98 Å². The van der Waals surface area contributed by atoms with Gasteiger partial charge in [0.2, 0.25) is 11.8 Å². The van der Waals surface area contributed by atoms with Crippen molar-refractivity contribution in [3.8, 4) is 0 Å². The Kier molecular flexibility index (Phi) is 3.95. The minimum atomic E-state index is -0.281. The summed E-state index contributed by atoms with van der Waals surface area (Å²) in [6.45, 7) is 4.27. The molecule has 0 unspecified atom stereocenters. The number of para-hydroxylation sites is 1. The van der Waals surface area contributed by atoms with Crippen LogP contribution in [0.5, 0.6) is 0 Å². The predicted molar refractivity (Wildman–Crippen MR) is 113 cm³/mol. The maximum atomic E-state index is 13.2. The molecule has 0 N–H and O–H groups in total. The van der Waals surface area contributed by atoms with E-state index in [4.69, 9.17) is 4.52 Å². The number of carbonyl (C=O) groups excluding carboxylic acids is 1. The summed E-state index contributed by atoms with van der Waals surface area (Å²) in [6.07, 6.45) is 7.84. The topological polar surface area (TPSA) is 62.5 Å². The van der Waals surface area contributed by atoms with Crippen LogP contribution in [0, 0.1) is 12.3 Å². The Morgan fingerprint density at radius 1 is 1.13 bits per heavy atom. The van der Waals surface area contributed by atoms with E-state index in [1.54, 1.807) is 0 Å². The molecule has 1 aromatic carbocycles. The van der Waals surface area contributed by atoms with E-state index < -0.39 is 0 Å². The second kappa shape index (κ2) is 6.39. The van der Waals surface area contributed by atoms with Crippen LogP contribution in [-0.2, 0) is 10.2 Å². The minimum Gasteiger partial charge on any atom is -0.339 e. The summed E-state index contributed by atoms with van der Waals surface area (Å²) in [5, 5.41) is 3.96. The van der Waals surface area contributed by atoms with E-state index in [0.717, 1.165) is 43.1 Å². The zero-order chi connectivity index (χ0) is 20.5. The van der Waals surface area contributed by atoms with Gasteiger partial charge in [-0.05, 0) is 75.5 Å². The third-order valence-electron chi connectivity index (χ3n) is 8.54. The number of likely N-dealkylation sites (N-methyl/N-ethyl adjacent to an activating group) is 1. The van der Waals surface area contributed by atoms with Crippen molar-refractivity contribution < 1.29 is 9.32 Å². The highest BCUT2D eigenvalue weighted by molar-refractivity contribution is 6.07. The van der Waals surface area contributed by atoms with Gasteiger partial charge in [-0.1, -0.05) is 23.4 Å². The standard InChI is InChI=1S/C24H30N4O2/c1-16-25-21(30-26-16)17-13-23(14-17)11-12-28(15-23)18-7-9-24(10-8-18)19-5-3-4-6-20(19)27(2)22(24)29/h3-6,17-18H,7-15H2,1-2H3. The van der Waals surface area contributed by atoms with Gasteiger partial charge in [0.05, 0.1) is 5.41 Å². The number of nitrogens with zero attached hydrogens (tertiary/aromatic N) is 4. The van der Waals surface area contributed by atoms with Crippen molar-refractivity contribution in [2.24, 2.45) is 5.41 Å². The van der Waals surface area contributed by atoms with Crippen LogP contribution in [-0.4, -0.2) is 47.1 Å². The molecule has 6 nitrogen and oxygen atoms in total. The summed E-state index contributed by atoms with van der Waals surface area (Å²) in [6, 6.07) is 9.01. The van der Waals surface area contributed by atoms with E-state index in [1.165, 1.54) is 37.9 Å². The molecule has 3 fully saturated rings. The lowest BCUT2D eigenvalue weighted by atomic mass is 9.61. The predicted octanol–water partition coefficient (Wildman–Crippen LogP) is 3.80. The molecule has 2 aromatic rings. The molecule has 0 atom stereocenters. The molecule has 1 amide bonds. The van der Waals surface area contributed by atoms with Gasteiger partial charge in [-0.25, -0.2) is 0 Å². The third-order valence-corrected chi connectivity index (χ3v) is 8.54. The third kappa shape index (κ3) is 2.55. The highest BCUT2D eigenvalue weighted by Crippen LogP contribution is 2.57. The average Bonchev–Trinajstić information content (AvgIpc) is 3.42. The van der Waals surface area contributed by atoms with Gasteiger partial charge in [0, 0.05) is 31.2 Å². The van der Waals surface area contributed by atoms with E-state index in [2.05, 4.69) is 33.2 Å². The fraction of sp³-hybridized carbons (Fsp3) is 0.625. The number of hydrogen-bond donors (Lipinski definition) is 0. The zero-order valence-corrected chi connectivity index (χ0v) is 17.9. The largest absolute Gasteiger partial charge is 0.339 e. The summed E-state index contributed by atoms with van der Waals surface area (Å²) in [4.78, 5) is 22.2. The van der Waals surface area contributed by atoms with Gasteiger partial charge >= 0.3 is 0 Å². The van der Waals surface area contributed by atoms with Gasteiger partial charge in [-0.3, -0.25) is 9.69 Å². The first-order valence-corrected chi connectivity index (χ1v) is 11.4. The Morgan fingerprint density at radius 2 is 1.90 bits per heavy atom. The van der Waals surface area contributed by atoms with Crippen LogP contribution in [0.2, 0.25) is 0 Å². The second-order valence-corrected chi connectivity index (χ2v) is 10.2. The monoisotopic (exact) mass is 406 g/mol. The maximum Gasteiger partial charge on any atom is 0.237 e. The number of amides is 1. The van der Waals surface area contributed by atoms with Gasteiger partial charge in [-0.15, -0.1) is 0 Å². The lowest BCUT2D eigenvalue weighted by Crippen LogP contribution is -2.47. The van der Waals surface area contributed by atoms with E-state index in [1.807, 2.05) is 24.9 Å². The summed E-state index contributed by atoms with van der Waals surface area (Å²) < 4.78 is 5.40. The Bertz CT molecular complexity index is 985. The van der Waals surface area contributed by atoms with Crippen LogP contribution in [0.3, 0.4) is 0 Å². The van der Waals surface area contributed by atoms with Crippen molar-refractivity contribution in [1.82, 2.24) is 15.0 Å². The van der Waals surface area contributed by atoms with Crippen LogP contribution in [0.15, 0.2) is 28.8 Å². The van der Waals surface area contributed by atoms with Crippen molar-refractivity contribution in [3.05, 3.63) is 41.5 Å². The normalized spacial score (nSPS) is 35.9. The van der Waals surface area contributed by atoms with Crippen LogP contribution >= 0.6 is 0 Å². The first kappa shape index (κ1) is 18.6. The lowest BCUT2D eigenvalue weighted by Gasteiger charge is -2.45. The van der Waals surface area contributed by atoms with E-state index >= 15 is 0 Å². The molecule has 158 valence electrons. The van der Waals surface area contributed by atoms with Crippen LogP contribution in [0.25, 0.3) is 0 Å². The van der Waals surface area contributed by atoms with Crippen molar-refractivity contribution in [2.75, 3.05) is 25.0 Å². The summed E-state index contributed by atoms with van der Waals surface area (Å²) in [7, 11) is 1.93. The Labute approximate surface area is 177 Å². The molecule has 1 aromatic heterocycles. The van der Waals surface area contributed by atoms with E-state index in [0.29, 0.717) is 23.3 Å². The second-order valence-electron chi connectivity index (χ2n) is 10.2. The number of anilines is 1. The smallest absolute Gasteiger partial charge is 0.237 e. The number of hydrogen-bond acceptors (Lipinski definition) is 5. The van der Waals surface area contributed by atoms with Crippen molar-refractivity contribution in [2.45, 2.75) is 69.2 Å². The van der Waals surface area contributed by atoms with Crippen LogP contribution in [0.1, 0.15) is 68.1 Å². The summed E-state index contributed by atoms with van der Waals surface area (Å²) in [5.74, 6) is 2.32. The fourth-order valence-corrected chi connectivity index (χ4v) is 6.91. The lowest BCUT2D eigenvalue weighted by molar-refractivity contribution is -0.124. The van der Waals surface area contributed by atoms with Crippen molar-refractivity contribution in [1.29, 1.82) is 0 Å². The molecule has 2 aliphatic carbocycles. The number of fused-ring (bicyclic) bond motifs is 2. The molecule has 0 bridgehead atoms. The Morgan fingerprint density at radius 3 is 2.63 bits per heavy atom. The van der Waals surface area contributed by atoms with Crippen molar-refractivity contribution in [3.63, 3.8) is 0 Å². The molecule has 2 aliphatic heterocycles. The fourth-order valence-electron chi connectivity index (χ4n) is 6.91. The SMILES string of the molecule is Cc1noc(C2CC3(CCN(C4CCC5(CC4)C(=O)N(C)c4ccccc45)C3)C2)n1. The molecule has 4 aliphatic rings. The van der Waals surface area contributed by atoms with Crippen LogP contribution < -0.4 is 4.90 Å². The summed E-state index contributed by atoms with van der Waals surface area (Å²) in [5.41, 5.74) is 2.53. The number of benzene rings is 1. The average molecular weight is 407 g/mol. The van der Waals surface area contributed by atoms with Crippen LogP contribution in [0.4, 0.5) is 5.69 Å². The van der Waals surface area contributed by atoms with Gasteiger partial charge in [0.15, 0.2) is 5.82 Å². The number of aryl methyl sites for hydroxylation is 1. The van der Waals surface area contributed by atoms with E-state index in [9.17, 15) is 4.79 Å². The molecular formula is C24H30N4O2.